The summed E-state index contributed by atoms with van der Waals surface area (Å²) in [6.07, 6.45) is -1.62. The second-order valence-electron chi connectivity index (χ2n) is 6.08. The number of phosphoric acid groups is 1. The minimum atomic E-state index is -4.43. The van der Waals surface area contributed by atoms with Gasteiger partial charge in [-0.1, -0.05) is 36.4 Å². The average Bonchev–Trinajstić information content (AvgIpc) is 2.72. The molecule has 2 unspecified atom stereocenters. The molecule has 0 aromatic heterocycles. The van der Waals surface area contributed by atoms with E-state index in [4.69, 9.17) is 28.0 Å². The van der Waals surface area contributed by atoms with Gasteiger partial charge in [-0.25, -0.2) is 4.57 Å². The molecule has 0 aliphatic heterocycles. The Bertz CT molecular complexity index is 668. The van der Waals surface area contributed by atoms with Crippen molar-refractivity contribution in [3.05, 3.63) is 60.7 Å². The Morgan fingerprint density at radius 1 is 0.724 bits per heavy atom. The van der Waals surface area contributed by atoms with E-state index in [1.165, 1.54) is 14.2 Å². The summed E-state index contributed by atoms with van der Waals surface area (Å²) in [7, 11) is -1.50. The summed E-state index contributed by atoms with van der Waals surface area (Å²) in [4.78, 5) is 10.2. The Morgan fingerprint density at radius 2 is 1.10 bits per heavy atom. The molecule has 8 nitrogen and oxygen atoms in total. The average molecular weight is 426 g/mol. The van der Waals surface area contributed by atoms with Gasteiger partial charge >= 0.3 is 7.82 Å². The van der Waals surface area contributed by atoms with Crippen molar-refractivity contribution >= 4 is 7.82 Å². The first kappa shape index (κ1) is 23.3. The summed E-state index contributed by atoms with van der Waals surface area (Å²) in [5.41, 5.74) is 0. The number of hydrogen-bond acceptors (Lipinski definition) is 7. The van der Waals surface area contributed by atoms with E-state index in [1.54, 1.807) is 24.3 Å². The predicted molar refractivity (Wildman–Crippen MR) is 107 cm³/mol. The van der Waals surface area contributed by atoms with Crippen molar-refractivity contribution in [2.75, 3.05) is 40.6 Å². The zero-order chi connectivity index (χ0) is 21.0. The van der Waals surface area contributed by atoms with Crippen molar-refractivity contribution in [3.8, 4) is 11.5 Å². The predicted octanol–water partition coefficient (Wildman–Crippen LogP) is 3.31. The second kappa shape index (κ2) is 12.6. The molecule has 2 aromatic rings. The van der Waals surface area contributed by atoms with Crippen LogP contribution < -0.4 is 9.47 Å². The van der Waals surface area contributed by atoms with E-state index in [0.717, 1.165) is 0 Å². The molecule has 2 rings (SSSR count). The molecular weight excluding hydrogens is 399 g/mol. The molecule has 9 heteroatoms. The first-order chi connectivity index (χ1) is 14.0. The number of phosphoric ester groups is 1. The van der Waals surface area contributed by atoms with Gasteiger partial charge in [0.15, 0.2) is 0 Å². The number of rotatable bonds is 14. The maximum absolute atomic E-state index is 12.5. The Labute approximate surface area is 170 Å². The van der Waals surface area contributed by atoms with Crippen LogP contribution in [0.4, 0.5) is 0 Å². The lowest BCUT2D eigenvalue weighted by Gasteiger charge is -2.24. The highest BCUT2D eigenvalue weighted by Gasteiger charge is 2.31. The van der Waals surface area contributed by atoms with Crippen LogP contribution in [0.2, 0.25) is 0 Å². The van der Waals surface area contributed by atoms with Gasteiger partial charge in [0, 0.05) is 14.2 Å². The molecular formula is C20H27O8P. The van der Waals surface area contributed by atoms with Crippen molar-refractivity contribution in [2.45, 2.75) is 12.2 Å². The van der Waals surface area contributed by atoms with Crippen LogP contribution in [0.1, 0.15) is 0 Å². The summed E-state index contributed by atoms with van der Waals surface area (Å²) >= 11 is 0. The lowest BCUT2D eigenvalue weighted by Crippen LogP contribution is -2.29. The van der Waals surface area contributed by atoms with Crippen LogP contribution in [-0.2, 0) is 23.1 Å². The molecule has 0 saturated heterocycles. The highest BCUT2D eigenvalue weighted by atomic mass is 31.2. The molecule has 29 heavy (non-hydrogen) atoms. The molecule has 0 radical (unpaired) electrons. The number of benzene rings is 2. The van der Waals surface area contributed by atoms with Crippen molar-refractivity contribution in [1.82, 2.24) is 0 Å². The maximum atomic E-state index is 12.5. The maximum Gasteiger partial charge on any atom is 0.473 e. The van der Waals surface area contributed by atoms with Crippen LogP contribution >= 0.6 is 7.82 Å². The molecule has 1 N–H and O–H groups in total. The zero-order valence-electron chi connectivity index (χ0n) is 16.5. The van der Waals surface area contributed by atoms with Crippen LogP contribution in [0, 0.1) is 0 Å². The Kier molecular flexibility index (Phi) is 10.1. The van der Waals surface area contributed by atoms with Gasteiger partial charge in [-0.3, -0.25) is 9.05 Å². The molecule has 2 atom stereocenters. The SMILES string of the molecule is COCC(COc1ccccc1)OP(=O)(O)OC(COC)COc1ccccc1. The first-order valence-electron chi connectivity index (χ1n) is 9.05. The Balaban J connectivity index is 1.90. The van der Waals surface area contributed by atoms with Crippen molar-refractivity contribution < 1.29 is 37.5 Å². The zero-order valence-corrected chi connectivity index (χ0v) is 17.4. The van der Waals surface area contributed by atoms with Gasteiger partial charge in [0.05, 0.1) is 13.2 Å². The third-order valence-corrected chi connectivity index (χ3v) is 4.76. The topological polar surface area (TPSA) is 92.7 Å². The van der Waals surface area contributed by atoms with Gasteiger partial charge < -0.3 is 23.8 Å². The van der Waals surface area contributed by atoms with Crippen molar-refractivity contribution in [2.24, 2.45) is 0 Å². The van der Waals surface area contributed by atoms with Gasteiger partial charge in [0.2, 0.25) is 0 Å². The van der Waals surface area contributed by atoms with Crippen LogP contribution in [0.3, 0.4) is 0 Å². The summed E-state index contributed by atoms with van der Waals surface area (Å²) in [5, 5.41) is 0. The molecule has 0 bridgehead atoms. The molecule has 2 aromatic carbocycles. The Morgan fingerprint density at radius 3 is 1.45 bits per heavy atom. The van der Waals surface area contributed by atoms with Gasteiger partial charge in [0.25, 0.3) is 0 Å². The van der Waals surface area contributed by atoms with Crippen molar-refractivity contribution in [3.63, 3.8) is 0 Å². The highest BCUT2D eigenvalue weighted by Crippen LogP contribution is 2.46. The standard InChI is InChI=1S/C20H27O8P/c1-23-13-19(15-25-17-9-5-3-6-10-17)27-29(21,22)28-20(14-24-2)16-26-18-11-7-4-8-12-18/h3-12,19-20H,13-16H2,1-2H3,(H,21,22). The van der Waals surface area contributed by atoms with Gasteiger partial charge in [-0.15, -0.1) is 0 Å². The number of hydrogen-bond donors (Lipinski definition) is 1. The molecule has 160 valence electrons. The fraction of sp³-hybridized carbons (Fsp3) is 0.400. The third-order valence-electron chi connectivity index (χ3n) is 3.63. The number of methoxy groups -OCH3 is 2. The molecule has 0 spiro atoms. The molecule has 0 fully saturated rings. The minimum Gasteiger partial charge on any atom is -0.491 e. The molecule has 0 aliphatic carbocycles. The fourth-order valence-corrected chi connectivity index (χ4v) is 3.45. The van der Waals surface area contributed by atoms with Crippen LogP contribution in [0.25, 0.3) is 0 Å². The lowest BCUT2D eigenvalue weighted by atomic mass is 10.3. The molecule has 0 saturated carbocycles. The van der Waals surface area contributed by atoms with E-state index in [0.29, 0.717) is 11.5 Å². The number of ether oxygens (including phenoxy) is 4. The largest absolute Gasteiger partial charge is 0.491 e. The summed E-state index contributed by atoms with van der Waals surface area (Å²) < 4.78 is 44.3. The van der Waals surface area contributed by atoms with Gasteiger partial charge in [-0.05, 0) is 24.3 Å². The molecule has 0 amide bonds. The summed E-state index contributed by atoms with van der Waals surface area (Å²) in [6.45, 7) is 0.134. The van der Waals surface area contributed by atoms with E-state index in [-0.39, 0.29) is 26.4 Å². The Hall–Kier alpha value is -1.93. The fourth-order valence-electron chi connectivity index (χ4n) is 2.40. The number of para-hydroxylation sites is 2. The van der Waals surface area contributed by atoms with Crippen LogP contribution in [0.15, 0.2) is 60.7 Å². The summed E-state index contributed by atoms with van der Waals surface area (Å²) in [6, 6.07) is 18.1. The second-order valence-corrected chi connectivity index (χ2v) is 7.44. The minimum absolute atomic E-state index is 0.0151. The highest BCUT2D eigenvalue weighted by molar-refractivity contribution is 7.47. The monoisotopic (exact) mass is 426 g/mol. The summed E-state index contributed by atoms with van der Waals surface area (Å²) in [5.74, 6) is 1.22. The normalized spacial score (nSPS) is 15.3. The smallest absolute Gasteiger partial charge is 0.473 e. The van der Waals surface area contributed by atoms with Crippen LogP contribution in [0.5, 0.6) is 11.5 Å². The quantitative estimate of drug-likeness (QED) is 0.460. The van der Waals surface area contributed by atoms with E-state index < -0.39 is 20.0 Å². The molecule has 0 heterocycles. The lowest BCUT2D eigenvalue weighted by molar-refractivity contribution is -0.0115. The van der Waals surface area contributed by atoms with E-state index in [2.05, 4.69) is 0 Å². The van der Waals surface area contributed by atoms with Gasteiger partial charge in [0.1, 0.15) is 36.9 Å². The van der Waals surface area contributed by atoms with Crippen LogP contribution in [-0.4, -0.2) is 57.7 Å². The van der Waals surface area contributed by atoms with Crippen molar-refractivity contribution in [1.29, 1.82) is 0 Å². The molecule has 0 aliphatic rings. The van der Waals surface area contributed by atoms with E-state index >= 15 is 0 Å². The first-order valence-corrected chi connectivity index (χ1v) is 10.5. The van der Waals surface area contributed by atoms with E-state index in [1.807, 2.05) is 36.4 Å². The third kappa shape index (κ3) is 9.41. The van der Waals surface area contributed by atoms with Gasteiger partial charge in [-0.2, -0.15) is 0 Å². The van der Waals surface area contributed by atoms with E-state index in [9.17, 15) is 9.46 Å².